The molecule has 0 saturated carbocycles. The van der Waals surface area contributed by atoms with Crippen molar-refractivity contribution in [3.8, 4) is 0 Å². The molecule has 0 saturated heterocycles. The minimum absolute atomic E-state index is 0.0221. The first kappa shape index (κ1) is 14.7. The number of carbonyl (C=O) groups excluding carboxylic acids is 1. The highest BCUT2D eigenvalue weighted by Crippen LogP contribution is 2.13. The molecule has 0 aromatic heterocycles. The van der Waals surface area contributed by atoms with Crippen LogP contribution in [0.2, 0.25) is 0 Å². The van der Waals surface area contributed by atoms with Crippen LogP contribution in [0.25, 0.3) is 0 Å². The van der Waals surface area contributed by atoms with Gasteiger partial charge in [-0.15, -0.1) is 0 Å². The quantitative estimate of drug-likeness (QED) is 0.313. The molecule has 16 heavy (non-hydrogen) atoms. The summed E-state index contributed by atoms with van der Waals surface area (Å²) in [5.41, 5.74) is 5.44. The summed E-state index contributed by atoms with van der Waals surface area (Å²) in [5.74, 6) is 0.161. The lowest BCUT2D eigenvalue weighted by Crippen LogP contribution is -2.45. The van der Waals surface area contributed by atoms with E-state index in [2.05, 4.69) is 5.16 Å². The summed E-state index contributed by atoms with van der Waals surface area (Å²) < 4.78 is 0. The summed E-state index contributed by atoms with van der Waals surface area (Å²) in [6, 6.07) is 0.0494. The molecule has 0 radical (unpaired) electrons. The third kappa shape index (κ3) is 4.08. The van der Waals surface area contributed by atoms with E-state index in [1.807, 2.05) is 27.7 Å². The lowest BCUT2D eigenvalue weighted by Gasteiger charge is -2.29. The Morgan fingerprint density at radius 2 is 1.88 bits per heavy atom. The first-order valence-corrected chi connectivity index (χ1v) is 5.74. The SMILES string of the molecule is CCC(CC)C(=O)N(CC(N)=NO)C(C)C. The number of rotatable bonds is 6. The Bertz CT molecular complexity index is 248. The second-order valence-electron chi connectivity index (χ2n) is 4.16. The van der Waals surface area contributed by atoms with E-state index >= 15 is 0 Å². The van der Waals surface area contributed by atoms with Crippen molar-refractivity contribution in [3.05, 3.63) is 0 Å². The van der Waals surface area contributed by atoms with E-state index in [-0.39, 0.29) is 30.2 Å². The molecular weight excluding hydrogens is 206 g/mol. The van der Waals surface area contributed by atoms with Crippen LogP contribution in [0.15, 0.2) is 5.16 Å². The molecule has 0 aromatic carbocycles. The van der Waals surface area contributed by atoms with Crippen molar-refractivity contribution in [2.45, 2.75) is 46.6 Å². The fourth-order valence-corrected chi connectivity index (χ4v) is 1.59. The normalized spacial score (nSPS) is 12.2. The van der Waals surface area contributed by atoms with Gasteiger partial charge in [-0.3, -0.25) is 4.79 Å². The average molecular weight is 229 g/mol. The number of amidine groups is 1. The van der Waals surface area contributed by atoms with Crippen molar-refractivity contribution < 1.29 is 10.0 Å². The third-order valence-electron chi connectivity index (χ3n) is 2.70. The Balaban J connectivity index is 4.71. The molecule has 3 N–H and O–H groups in total. The average Bonchev–Trinajstić information content (AvgIpc) is 2.26. The lowest BCUT2D eigenvalue weighted by molar-refractivity contribution is -0.136. The first-order valence-electron chi connectivity index (χ1n) is 5.74. The Kier molecular flexibility index (Phi) is 6.53. The maximum Gasteiger partial charge on any atom is 0.226 e. The zero-order valence-electron chi connectivity index (χ0n) is 10.6. The molecule has 0 rings (SSSR count). The number of oxime groups is 1. The molecule has 0 spiro atoms. The van der Waals surface area contributed by atoms with Gasteiger partial charge < -0.3 is 15.8 Å². The van der Waals surface area contributed by atoms with Gasteiger partial charge in [0, 0.05) is 12.0 Å². The molecule has 5 nitrogen and oxygen atoms in total. The van der Waals surface area contributed by atoms with E-state index in [0.29, 0.717) is 0 Å². The third-order valence-corrected chi connectivity index (χ3v) is 2.70. The van der Waals surface area contributed by atoms with Crippen LogP contribution in [0.1, 0.15) is 40.5 Å². The lowest BCUT2D eigenvalue weighted by atomic mass is 10.0. The highest BCUT2D eigenvalue weighted by Gasteiger charge is 2.24. The van der Waals surface area contributed by atoms with Crippen molar-refractivity contribution in [2.75, 3.05) is 6.54 Å². The van der Waals surface area contributed by atoms with Crippen molar-refractivity contribution in [1.29, 1.82) is 0 Å². The molecule has 0 atom stereocenters. The first-order chi connectivity index (χ1) is 7.47. The van der Waals surface area contributed by atoms with Gasteiger partial charge in [0.15, 0.2) is 5.84 Å². The molecule has 0 aliphatic heterocycles. The van der Waals surface area contributed by atoms with Gasteiger partial charge in [0.2, 0.25) is 5.91 Å². The smallest absolute Gasteiger partial charge is 0.226 e. The molecule has 0 fully saturated rings. The van der Waals surface area contributed by atoms with Gasteiger partial charge in [-0.25, -0.2) is 0 Å². The van der Waals surface area contributed by atoms with Crippen LogP contribution >= 0.6 is 0 Å². The van der Waals surface area contributed by atoms with E-state index in [9.17, 15) is 4.79 Å². The summed E-state index contributed by atoms with van der Waals surface area (Å²) >= 11 is 0. The molecule has 0 aliphatic rings. The monoisotopic (exact) mass is 229 g/mol. The fourth-order valence-electron chi connectivity index (χ4n) is 1.59. The second-order valence-corrected chi connectivity index (χ2v) is 4.16. The van der Waals surface area contributed by atoms with Gasteiger partial charge in [-0.1, -0.05) is 19.0 Å². The predicted molar refractivity (Wildman–Crippen MR) is 64.3 cm³/mol. The molecule has 0 heterocycles. The molecule has 0 bridgehead atoms. The number of hydrogen-bond acceptors (Lipinski definition) is 3. The van der Waals surface area contributed by atoms with Crippen molar-refractivity contribution in [2.24, 2.45) is 16.8 Å². The maximum atomic E-state index is 12.1. The summed E-state index contributed by atoms with van der Waals surface area (Å²) in [4.78, 5) is 13.8. The summed E-state index contributed by atoms with van der Waals surface area (Å²) in [6.07, 6.45) is 1.63. The highest BCUT2D eigenvalue weighted by atomic mass is 16.4. The topological polar surface area (TPSA) is 78.9 Å². The van der Waals surface area contributed by atoms with Gasteiger partial charge in [-0.05, 0) is 26.7 Å². The Hall–Kier alpha value is -1.26. The van der Waals surface area contributed by atoms with Crippen molar-refractivity contribution >= 4 is 11.7 Å². The molecule has 0 aliphatic carbocycles. The molecule has 0 unspecified atom stereocenters. The van der Waals surface area contributed by atoms with E-state index in [1.54, 1.807) is 4.90 Å². The van der Waals surface area contributed by atoms with E-state index in [4.69, 9.17) is 10.9 Å². The fraction of sp³-hybridized carbons (Fsp3) is 0.818. The van der Waals surface area contributed by atoms with Gasteiger partial charge in [0.1, 0.15) is 0 Å². The molecular formula is C11H23N3O2. The Morgan fingerprint density at radius 3 is 2.19 bits per heavy atom. The minimum atomic E-state index is 0.0221. The zero-order chi connectivity index (χ0) is 12.7. The number of carbonyl (C=O) groups is 1. The van der Waals surface area contributed by atoms with Crippen LogP contribution in [0, 0.1) is 5.92 Å². The summed E-state index contributed by atoms with van der Waals surface area (Å²) in [6.45, 7) is 8.02. The van der Waals surface area contributed by atoms with Crippen molar-refractivity contribution in [3.63, 3.8) is 0 Å². The molecule has 0 aromatic rings. The van der Waals surface area contributed by atoms with Gasteiger partial charge in [-0.2, -0.15) is 0 Å². The van der Waals surface area contributed by atoms with Crippen LogP contribution in [-0.4, -0.2) is 34.4 Å². The Labute approximate surface area is 97.3 Å². The van der Waals surface area contributed by atoms with Crippen LogP contribution in [0.4, 0.5) is 0 Å². The van der Waals surface area contributed by atoms with E-state index in [1.165, 1.54) is 0 Å². The number of hydrogen-bond donors (Lipinski definition) is 2. The number of amides is 1. The maximum absolute atomic E-state index is 12.1. The van der Waals surface area contributed by atoms with Crippen molar-refractivity contribution in [1.82, 2.24) is 4.90 Å². The number of nitrogens with zero attached hydrogens (tertiary/aromatic N) is 2. The van der Waals surface area contributed by atoms with Crippen LogP contribution in [0.5, 0.6) is 0 Å². The van der Waals surface area contributed by atoms with Crippen LogP contribution in [-0.2, 0) is 4.79 Å². The van der Waals surface area contributed by atoms with E-state index in [0.717, 1.165) is 12.8 Å². The van der Waals surface area contributed by atoms with Gasteiger partial charge >= 0.3 is 0 Å². The van der Waals surface area contributed by atoms with Gasteiger partial charge in [0.05, 0.1) is 6.54 Å². The molecule has 94 valence electrons. The summed E-state index contributed by atoms with van der Waals surface area (Å²) in [5, 5.41) is 11.4. The molecule has 1 amide bonds. The second kappa shape index (κ2) is 7.09. The standard InChI is InChI=1S/C11H23N3O2/c1-5-9(6-2)11(15)14(8(3)4)7-10(12)13-16/h8-9,16H,5-7H2,1-4H3,(H2,12,13). The van der Waals surface area contributed by atoms with Crippen LogP contribution in [0.3, 0.4) is 0 Å². The Morgan fingerprint density at radius 1 is 1.38 bits per heavy atom. The highest BCUT2D eigenvalue weighted by molar-refractivity contribution is 5.87. The van der Waals surface area contributed by atoms with E-state index < -0.39 is 0 Å². The summed E-state index contributed by atoms with van der Waals surface area (Å²) in [7, 11) is 0. The number of nitrogens with two attached hydrogens (primary N) is 1. The van der Waals surface area contributed by atoms with Gasteiger partial charge in [0.25, 0.3) is 0 Å². The zero-order valence-corrected chi connectivity index (χ0v) is 10.6. The predicted octanol–water partition coefficient (Wildman–Crippen LogP) is 1.41. The molecule has 5 heteroatoms. The van der Waals surface area contributed by atoms with Crippen LogP contribution < -0.4 is 5.73 Å². The minimum Gasteiger partial charge on any atom is -0.409 e. The largest absolute Gasteiger partial charge is 0.409 e.